The van der Waals surface area contributed by atoms with Crippen molar-refractivity contribution in [3.8, 4) is 11.5 Å². The first-order chi connectivity index (χ1) is 13.6. The highest BCUT2D eigenvalue weighted by atomic mass is 32.2. The van der Waals surface area contributed by atoms with Gasteiger partial charge < -0.3 is 9.73 Å². The van der Waals surface area contributed by atoms with E-state index in [0.717, 1.165) is 27.6 Å². The summed E-state index contributed by atoms with van der Waals surface area (Å²) in [7, 11) is 0. The third-order valence-electron chi connectivity index (χ3n) is 4.37. The number of aromatic nitrogens is 2. The van der Waals surface area contributed by atoms with Gasteiger partial charge in [-0.25, -0.2) is 0 Å². The second-order valence-corrected chi connectivity index (χ2v) is 7.84. The van der Waals surface area contributed by atoms with Crippen LogP contribution in [0.4, 0.5) is 5.69 Å². The quantitative estimate of drug-likeness (QED) is 0.468. The van der Waals surface area contributed by atoms with Crippen LogP contribution >= 0.6 is 11.8 Å². The van der Waals surface area contributed by atoms with Crippen LogP contribution in [0.2, 0.25) is 0 Å². The lowest BCUT2D eigenvalue weighted by atomic mass is 10.1. The number of nitrogens with zero attached hydrogens (tertiary/aromatic N) is 2. The van der Waals surface area contributed by atoms with E-state index in [1.165, 1.54) is 11.8 Å². The number of nitrogens with one attached hydrogen (secondary N) is 1. The van der Waals surface area contributed by atoms with E-state index in [-0.39, 0.29) is 11.2 Å². The molecule has 1 amide bonds. The molecule has 0 aliphatic rings. The van der Waals surface area contributed by atoms with Crippen molar-refractivity contribution in [2.45, 2.75) is 24.3 Å². The van der Waals surface area contributed by atoms with Crippen LogP contribution in [-0.2, 0) is 4.79 Å². The maximum atomic E-state index is 12.5. The Morgan fingerprint density at radius 2 is 1.75 bits per heavy atom. The van der Waals surface area contributed by atoms with Gasteiger partial charge >= 0.3 is 0 Å². The van der Waals surface area contributed by atoms with Crippen molar-refractivity contribution in [1.82, 2.24) is 10.2 Å². The summed E-state index contributed by atoms with van der Waals surface area (Å²) in [6.45, 7) is 3.84. The summed E-state index contributed by atoms with van der Waals surface area (Å²) in [4.78, 5) is 12.5. The van der Waals surface area contributed by atoms with Gasteiger partial charge in [0, 0.05) is 11.3 Å². The maximum Gasteiger partial charge on any atom is 0.277 e. The topological polar surface area (TPSA) is 68.0 Å². The zero-order chi connectivity index (χ0) is 19.5. The molecule has 0 aliphatic heterocycles. The Morgan fingerprint density at radius 1 is 1.00 bits per heavy atom. The highest BCUT2D eigenvalue weighted by Crippen LogP contribution is 2.27. The molecule has 0 fully saturated rings. The summed E-state index contributed by atoms with van der Waals surface area (Å²) in [5.74, 6) is 0.333. The zero-order valence-electron chi connectivity index (χ0n) is 15.5. The van der Waals surface area contributed by atoms with Crippen LogP contribution in [0.15, 0.2) is 76.4 Å². The largest absolute Gasteiger partial charge is 0.411 e. The molecule has 0 aliphatic carbocycles. The fraction of sp³-hybridized carbons (Fsp3) is 0.136. The van der Waals surface area contributed by atoms with Gasteiger partial charge in [0.2, 0.25) is 11.8 Å². The van der Waals surface area contributed by atoms with E-state index in [4.69, 9.17) is 4.42 Å². The third-order valence-corrected chi connectivity index (χ3v) is 5.30. The summed E-state index contributed by atoms with van der Waals surface area (Å²) in [6.07, 6.45) is 0. The molecule has 1 N–H and O–H groups in total. The van der Waals surface area contributed by atoms with Gasteiger partial charge in [-0.15, -0.1) is 10.2 Å². The van der Waals surface area contributed by atoms with E-state index >= 15 is 0 Å². The Kier molecular flexibility index (Phi) is 5.12. The van der Waals surface area contributed by atoms with Gasteiger partial charge in [0.1, 0.15) is 0 Å². The molecule has 0 bridgehead atoms. The van der Waals surface area contributed by atoms with Gasteiger partial charge in [-0.1, -0.05) is 59.8 Å². The number of rotatable bonds is 5. The first-order valence-corrected chi connectivity index (χ1v) is 9.83. The van der Waals surface area contributed by atoms with E-state index in [9.17, 15) is 4.79 Å². The normalized spacial score (nSPS) is 12.1. The molecule has 0 spiro atoms. The first-order valence-electron chi connectivity index (χ1n) is 8.95. The molecule has 4 rings (SSSR count). The number of amides is 1. The molecular weight excluding hydrogens is 370 g/mol. The van der Waals surface area contributed by atoms with Crippen molar-refractivity contribution < 1.29 is 9.21 Å². The van der Waals surface area contributed by atoms with Crippen molar-refractivity contribution in [3.63, 3.8) is 0 Å². The number of hydrogen-bond acceptors (Lipinski definition) is 5. The fourth-order valence-electron chi connectivity index (χ4n) is 2.79. The monoisotopic (exact) mass is 389 g/mol. The molecule has 0 saturated carbocycles. The third kappa shape index (κ3) is 4.07. The van der Waals surface area contributed by atoms with Gasteiger partial charge in [0.05, 0.1) is 5.25 Å². The summed E-state index contributed by atoms with van der Waals surface area (Å²) in [6, 6.07) is 21.8. The minimum Gasteiger partial charge on any atom is -0.411 e. The standard InChI is InChI=1S/C22H19N3O2S/c1-14-7-9-17(10-8-14)21-24-25-22(27-21)28-15(2)20(26)23-19-12-11-16-5-3-4-6-18(16)13-19/h3-13,15H,1-2H3,(H,23,26)/t15-/m0/s1. The maximum absolute atomic E-state index is 12.5. The van der Waals surface area contributed by atoms with E-state index in [1.807, 2.05) is 80.6 Å². The van der Waals surface area contributed by atoms with Crippen molar-refractivity contribution in [2.24, 2.45) is 0 Å². The zero-order valence-corrected chi connectivity index (χ0v) is 16.4. The molecule has 0 radical (unpaired) electrons. The van der Waals surface area contributed by atoms with Crippen molar-refractivity contribution in [3.05, 3.63) is 72.3 Å². The van der Waals surface area contributed by atoms with Crippen molar-refractivity contribution >= 4 is 34.1 Å². The van der Waals surface area contributed by atoms with E-state index < -0.39 is 0 Å². The predicted octanol–water partition coefficient (Wildman–Crippen LogP) is 5.32. The van der Waals surface area contributed by atoms with Crippen LogP contribution in [0.25, 0.3) is 22.2 Å². The fourth-order valence-corrected chi connectivity index (χ4v) is 3.47. The van der Waals surface area contributed by atoms with Crippen LogP contribution < -0.4 is 5.32 Å². The molecule has 0 unspecified atom stereocenters. The molecule has 5 nitrogen and oxygen atoms in total. The summed E-state index contributed by atoms with van der Waals surface area (Å²) >= 11 is 1.24. The Balaban J connectivity index is 1.42. The Bertz CT molecular complexity index is 1120. The van der Waals surface area contributed by atoms with Crippen LogP contribution in [0, 0.1) is 6.92 Å². The number of hydrogen-bond donors (Lipinski definition) is 1. The molecule has 3 aromatic carbocycles. The van der Waals surface area contributed by atoms with Crippen molar-refractivity contribution in [1.29, 1.82) is 0 Å². The lowest BCUT2D eigenvalue weighted by molar-refractivity contribution is -0.115. The van der Waals surface area contributed by atoms with E-state index in [0.29, 0.717) is 11.1 Å². The molecule has 0 saturated heterocycles. The molecule has 140 valence electrons. The minimum atomic E-state index is -0.377. The number of benzene rings is 3. The lowest BCUT2D eigenvalue weighted by Crippen LogP contribution is -2.22. The average molecular weight is 389 g/mol. The van der Waals surface area contributed by atoms with Crippen LogP contribution in [0.3, 0.4) is 0 Å². The molecule has 28 heavy (non-hydrogen) atoms. The molecule has 1 atom stereocenters. The molecular formula is C22H19N3O2S. The Morgan fingerprint density at radius 3 is 2.54 bits per heavy atom. The van der Waals surface area contributed by atoms with Gasteiger partial charge in [-0.3, -0.25) is 4.79 Å². The SMILES string of the molecule is Cc1ccc(-c2nnc(S[C@@H](C)C(=O)Nc3ccc4ccccc4c3)o2)cc1. The smallest absolute Gasteiger partial charge is 0.277 e. The predicted molar refractivity (Wildman–Crippen MR) is 112 cm³/mol. The Hall–Kier alpha value is -3.12. The van der Waals surface area contributed by atoms with Crippen LogP contribution in [0.5, 0.6) is 0 Å². The first kappa shape index (κ1) is 18.3. The average Bonchev–Trinajstić information content (AvgIpc) is 3.17. The molecule has 1 aromatic heterocycles. The summed E-state index contributed by atoms with van der Waals surface area (Å²) < 4.78 is 5.70. The van der Waals surface area contributed by atoms with E-state index in [1.54, 1.807) is 0 Å². The van der Waals surface area contributed by atoms with Crippen LogP contribution in [0.1, 0.15) is 12.5 Å². The molecule has 6 heteroatoms. The highest BCUT2D eigenvalue weighted by molar-refractivity contribution is 8.00. The number of thioether (sulfide) groups is 1. The summed E-state index contributed by atoms with van der Waals surface area (Å²) in [5, 5.41) is 13.3. The number of aryl methyl sites for hydroxylation is 1. The van der Waals surface area contributed by atoms with Gasteiger partial charge in [-0.05, 0) is 48.9 Å². The van der Waals surface area contributed by atoms with Crippen LogP contribution in [-0.4, -0.2) is 21.4 Å². The second-order valence-electron chi connectivity index (χ2n) is 6.55. The number of carbonyl (C=O) groups is 1. The van der Waals surface area contributed by atoms with E-state index in [2.05, 4.69) is 15.5 Å². The second kappa shape index (κ2) is 7.86. The van der Waals surface area contributed by atoms with Gasteiger partial charge in [0.25, 0.3) is 5.22 Å². The lowest BCUT2D eigenvalue weighted by Gasteiger charge is -2.10. The highest BCUT2D eigenvalue weighted by Gasteiger charge is 2.19. The minimum absolute atomic E-state index is 0.115. The number of anilines is 1. The number of carbonyl (C=O) groups excluding carboxylic acids is 1. The van der Waals surface area contributed by atoms with Gasteiger partial charge in [0.15, 0.2) is 0 Å². The van der Waals surface area contributed by atoms with Gasteiger partial charge in [-0.2, -0.15) is 0 Å². The Labute approximate surface area is 167 Å². The molecule has 4 aromatic rings. The van der Waals surface area contributed by atoms with Crippen molar-refractivity contribution in [2.75, 3.05) is 5.32 Å². The number of fused-ring (bicyclic) bond motifs is 1. The summed E-state index contributed by atoms with van der Waals surface area (Å²) in [5.41, 5.74) is 2.79. The molecule has 1 heterocycles.